The summed E-state index contributed by atoms with van der Waals surface area (Å²) in [4.78, 5) is 22.2. The van der Waals surface area contributed by atoms with Crippen LogP contribution in [0.3, 0.4) is 0 Å². The molecule has 0 spiro atoms. The van der Waals surface area contributed by atoms with E-state index >= 15 is 0 Å². The summed E-state index contributed by atoms with van der Waals surface area (Å²) < 4.78 is 0. The average Bonchev–Trinajstić information content (AvgIpc) is 2.77. The van der Waals surface area contributed by atoms with Crippen molar-refractivity contribution >= 4 is 12.0 Å². The second-order valence-corrected chi connectivity index (χ2v) is 4.28. The van der Waals surface area contributed by atoms with Gasteiger partial charge in [-0.1, -0.05) is 19.1 Å². The highest BCUT2D eigenvalue weighted by molar-refractivity contribution is 5.76. The van der Waals surface area contributed by atoms with E-state index in [0.717, 1.165) is 19.5 Å². The molecule has 0 bridgehead atoms. The Morgan fingerprint density at radius 1 is 1.33 bits per heavy atom. The zero-order valence-corrected chi connectivity index (χ0v) is 10.6. The Kier molecular flexibility index (Phi) is 6.21. The number of urea groups is 1. The number of carboxylic acid groups (broad SMARTS) is 1. The van der Waals surface area contributed by atoms with Gasteiger partial charge in [0.15, 0.2) is 0 Å². The average molecular weight is 255 g/mol. The van der Waals surface area contributed by atoms with Crippen LogP contribution in [0.5, 0.6) is 0 Å². The van der Waals surface area contributed by atoms with Gasteiger partial charge in [0.05, 0.1) is 12.0 Å². The molecule has 4 N–H and O–H groups in total. The molecular formula is C12H21N3O3. The molecule has 2 amide bonds. The minimum atomic E-state index is -0.846. The summed E-state index contributed by atoms with van der Waals surface area (Å²) in [7, 11) is 0. The lowest BCUT2D eigenvalue weighted by molar-refractivity contribution is -0.140. The molecule has 0 fully saturated rings. The summed E-state index contributed by atoms with van der Waals surface area (Å²) in [6, 6.07) is -0.424. The Hall–Kier alpha value is -1.56. The van der Waals surface area contributed by atoms with E-state index in [1.807, 2.05) is 6.92 Å². The molecule has 18 heavy (non-hydrogen) atoms. The van der Waals surface area contributed by atoms with Crippen LogP contribution in [0, 0.1) is 5.92 Å². The molecule has 0 aliphatic heterocycles. The van der Waals surface area contributed by atoms with Crippen molar-refractivity contribution in [3.8, 4) is 0 Å². The zero-order chi connectivity index (χ0) is 13.4. The third-order valence-corrected chi connectivity index (χ3v) is 2.78. The summed E-state index contributed by atoms with van der Waals surface area (Å²) >= 11 is 0. The van der Waals surface area contributed by atoms with Gasteiger partial charge < -0.3 is 21.1 Å². The predicted octanol–water partition coefficient (Wildman–Crippen LogP) is 0.315. The number of hydrogen-bond donors (Lipinski definition) is 4. The third kappa shape index (κ3) is 5.18. The van der Waals surface area contributed by atoms with Gasteiger partial charge in [0, 0.05) is 6.54 Å². The van der Waals surface area contributed by atoms with Crippen LogP contribution in [0.1, 0.15) is 19.8 Å². The number of carboxylic acids is 1. The van der Waals surface area contributed by atoms with Crippen molar-refractivity contribution in [2.24, 2.45) is 5.92 Å². The minimum Gasteiger partial charge on any atom is -0.481 e. The van der Waals surface area contributed by atoms with Crippen LogP contribution in [0.25, 0.3) is 0 Å². The van der Waals surface area contributed by atoms with Gasteiger partial charge in [-0.15, -0.1) is 0 Å². The minimum absolute atomic E-state index is 0.181. The summed E-state index contributed by atoms with van der Waals surface area (Å²) in [6.45, 7) is 4.44. The molecule has 102 valence electrons. The molecule has 1 aliphatic carbocycles. The van der Waals surface area contributed by atoms with Crippen LogP contribution >= 0.6 is 0 Å². The molecule has 0 radical (unpaired) electrons. The summed E-state index contributed by atoms with van der Waals surface area (Å²) in [5, 5.41) is 17.4. The maximum absolute atomic E-state index is 11.5. The van der Waals surface area contributed by atoms with Crippen LogP contribution in [0.2, 0.25) is 0 Å². The maximum Gasteiger partial charge on any atom is 0.315 e. The molecule has 6 heteroatoms. The van der Waals surface area contributed by atoms with Crippen molar-refractivity contribution in [3.05, 3.63) is 12.2 Å². The largest absolute Gasteiger partial charge is 0.481 e. The second-order valence-electron chi connectivity index (χ2n) is 4.28. The first-order valence-corrected chi connectivity index (χ1v) is 6.29. The van der Waals surface area contributed by atoms with E-state index in [4.69, 9.17) is 5.11 Å². The van der Waals surface area contributed by atoms with Crippen LogP contribution in [-0.4, -0.2) is 42.8 Å². The first kappa shape index (κ1) is 14.5. The Morgan fingerprint density at radius 3 is 2.72 bits per heavy atom. The van der Waals surface area contributed by atoms with Gasteiger partial charge >= 0.3 is 12.0 Å². The SMILES string of the molecule is CCNCCCNC(=O)NC1C=CC(C(=O)O)C1. The van der Waals surface area contributed by atoms with Crippen molar-refractivity contribution in [1.82, 2.24) is 16.0 Å². The van der Waals surface area contributed by atoms with Gasteiger partial charge in [-0.25, -0.2) is 4.79 Å². The van der Waals surface area contributed by atoms with Gasteiger partial charge in [0.25, 0.3) is 0 Å². The number of nitrogens with one attached hydrogen (secondary N) is 3. The van der Waals surface area contributed by atoms with E-state index in [1.165, 1.54) is 0 Å². The highest BCUT2D eigenvalue weighted by atomic mass is 16.4. The summed E-state index contributed by atoms with van der Waals surface area (Å²) in [5.41, 5.74) is 0. The van der Waals surface area contributed by atoms with Crippen LogP contribution in [0.4, 0.5) is 4.79 Å². The number of amides is 2. The molecule has 0 saturated heterocycles. The van der Waals surface area contributed by atoms with Crippen LogP contribution in [0.15, 0.2) is 12.2 Å². The quantitative estimate of drug-likeness (QED) is 0.389. The lowest BCUT2D eigenvalue weighted by atomic mass is 10.1. The first-order chi connectivity index (χ1) is 8.63. The normalized spacial score (nSPS) is 21.8. The Balaban J connectivity index is 2.10. The molecule has 1 aliphatic rings. The Bertz CT molecular complexity index is 318. The van der Waals surface area contributed by atoms with Crippen LogP contribution in [-0.2, 0) is 4.79 Å². The highest BCUT2D eigenvalue weighted by Gasteiger charge is 2.25. The van der Waals surface area contributed by atoms with Crippen LogP contribution < -0.4 is 16.0 Å². The van der Waals surface area contributed by atoms with Crippen molar-refractivity contribution in [2.45, 2.75) is 25.8 Å². The number of aliphatic carboxylic acids is 1. The van der Waals surface area contributed by atoms with Crippen molar-refractivity contribution in [2.75, 3.05) is 19.6 Å². The van der Waals surface area contributed by atoms with E-state index in [2.05, 4.69) is 16.0 Å². The third-order valence-electron chi connectivity index (χ3n) is 2.78. The predicted molar refractivity (Wildman–Crippen MR) is 68.4 cm³/mol. The first-order valence-electron chi connectivity index (χ1n) is 6.29. The zero-order valence-electron chi connectivity index (χ0n) is 10.6. The van der Waals surface area contributed by atoms with E-state index in [0.29, 0.717) is 13.0 Å². The van der Waals surface area contributed by atoms with E-state index < -0.39 is 11.9 Å². The van der Waals surface area contributed by atoms with Crippen molar-refractivity contribution in [1.29, 1.82) is 0 Å². The smallest absolute Gasteiger partial charge is 0.315 e. The lowest BCUT2D eigenvalue weighted by Gasteiger charge is -2.13. The maximum atomic E-state index is 11.5. The molecule has 2 atom stereocenters. The summed E-state index contributed by atoms with van der Waals surface area (Å²) in [6.07, 6.45) is 4.66. The van der Waals surface area contributed by atoms with Crippen molar-refractivity contribution < 1.29 is 14.7 Å². The molecule has 6 nitrogen and oxygen atoms in total. The van der Waals surface area contributed by atoms with E-state index in [-0.39, 0.29) is 12.1 Å². The fourth-order valence-corrected chi connectivity index (χ4v) is 1.80. The monoisotopic (exact) mass is 255 g/mol. The Labute approximate surface area is 107 Å². The highest BCUT2D eigenvalue weighted by Crippen LogP contribution is 2.17. The molecule has 0 aromatic carbocycles. The molecule has 0 saturated carbocycles. The van der Waals surface area contributed by atoms with Gasteiger partial charge in [-0.2, -0.15) is 0 Å². The number of carbonyl (C=O) groups is 2. The topological polar surface area (TPSA) is 90.5 Å². The van der Waals surface area contributed by atoms with Gasteiger partial charge in [-0.05, 0) is 25.9 Å². The molecule has 0 heterocycles. The molecule has 0 aromatic heterocycles. The number of carbonyl (C=O) groups excluding carboxylic acids is 1. The fraction of sp³-hybridized carbons (Fsp3) is 0.667. The van der Waals surface area contributed by atoms with Gasteiger partial charge in [-0.3, -0.25) is 4.79 Å². The van der Waals surface area contributed by atoms with Gasteiger partial charge in [0.2, 0.25) is 0 Å². The van der Waals surface area contributed by atoms with Crippen molar-refractivity contribution in [3.63, 3.8) is 0 Å². The van der Waals surface area contributed by atoms with E-state index in [9.17, 15) is 9.59 Å². The van der Waals surface area contributed by atoms with Gasteiger partial charge in [0.1, 0.15) is 0 Å². The molecule has 1 rings (SSSR count). The summed E-state index contributed by atoms with van der Waals surface area (Å²) in [5.74, 6) is -1.33. The number of rotatable bonds is 7. The van der Waals surface area contributed by atoms with E-state index in [1.54, 1.807) is 12.2 Å². The molecular weight excluding hydrogens is 234 g/mol. The second kappa shape index (κ2) is 7.71. The standard InChI is InChI=1S/C12H21N3O3/c1-2-13-6-3-7-14-12(18)15-10-5-4-9(8-10)11(16)17/h4-5,9-10,13H,2-3,6-8H2,1H3,(H,16,17)(H2,14,15,18). The Morgan fingerprint density at radius 2 is 2.11 bits per heavy atom. The lowest BCUT2D eigenvalue weighted by Crippen LogP contribution is -2.41. The number of hydrogen-bond acceptors (Lipinski definition) is 3. The molecule has 0 aromatic rings. The fourth-order valence-electron chi connectivity index (χ4n) is 1.80. The molecule has 2 unspecified atom stereocenters.